The maximum atomic E-state index is 11.6. The molecule has 3 heteroatoms. The summed E-state index contributed by atoms with van der Waals surface area (Å²) in [6.07, 6.45) is 0.245. The van der Waals surface area contributed by atoms with Crippen LogP contribution in [0.2, 0.25) is 0 Å². The molecule has 3 rings (SSSR count). The minimum Gasteiger partial charge on any atom is -0.469 e. The number of rotatable bonds is 3. The zero-order chi connectivity index (χ0) is 13.9. The van der Waals surface area contributed by atoms with Crippen LogP contribution in [0.4, 0.5) is 0 Å². The van der Waals surface area contributed by atoms with Crippen LogP contribution >= 0.6 is 0 Å². The van der Waals surface area contributed by atoms with Crippen LogP contribution in [0, 0.1) is 0 Å². The van der Waals surface area contributed by atoms with Crippen LogP contribution in [-0.4, -0.2) is 18.1 Å². The highest BCUT2D eigenvalue weighted by Gasteiger charge is 2.15. The van der Waals surface area contributed by atoms with Gasteiger partial charge in [-0.1, -0.05) is 48.5 Å². The van der Waals surface area contributed by atoms with Gasteiger partial charge in [-0.25, -0.2) is 0 Å². The number of methoxy groups -OCH3 is 1. The molecule has 0 fully saturated rings. The van der Waals surface area contributed by atoms with Crippen molar-refractivity contribution in [2.75, 3.05) is 7.11 Å². The monoisotopic (exact) mass is 265 g/mol. The Kier molecular flexibility index (Phi) is 3.25. The molecule has 0 bridgehead atoms. The Morgan fingerprint density at radius 3 is 2.50 bits per heavy atom. The minimum atomic E-state index is -0.242. The number of aromatic nitrogens is 1. The molecule has 0 aliphatic heterocycles. The summed E-state index contributed by atoms with van der Waals surface area (Å²) >= 11 is 0. The van der Waals surface area contributed by atoms with E-state index < -0.39 is 0 Å². The molecular weight excluding hydrogens is 250 g/mol. The summed E-state index contributed by atoms with van der Waals surface area (Å²) in [5.74, 6) is -0.242. The van der Waals surface area contributed by atoms with Crippen molar-refractivity contribution in [3.63, 3.8) is 0 Å². The van der Waals surface area contributed by atoms with Gasteiger partial charge >= 0.3 is 5.97 Å². The van der Waals surface area contributed by atoms with Gasteiger partial charge in [0, 0.05) is 22.2 Å². The molecule has 0 atom stereocenters. The molecule has 1 heterocycles. The number of fused-ring (bicyclic) bond motifs is 1. The molecule has 2 aromatic carbocycles. The SMILES string of the molecule is COC(=O)Cc1[nH]c2ccccc2c1-c1ccccc1. The maximum absolute atomic E-state index is 11.6. The summed E-state index contributed by atoms with van der Waals surface area (Å²) in [6.45, 7) is 0. The summed E-state index contributed by atoms with van der Waals surface area (Å²) in [5, 5.41) is 1.12. The fourth-order valence-corrected chi connectivity index (χ4v) is 2.48. The Bertz CT molecular complexity index is 744. The highest BCUT2D eigenvalue weighted by atomic mass is 16.5. The fraction of sp³-hybridized carbons (Fsp3) is 0.118. The van der Waals surface area contributed by atoms with Crippen molar-refractivity contribution in [1.82, 2.24) is 4.98 Å². The fourth-order valence-electron chi connectivity index (χ4n) is 2.48. The highest BCUT2D eigenvalue weighted by Crippen LogP contribution is 2.32. The van der Waals surface area contributed by atoms with E-state index >= 15 is 0 Å². The zero-order valence-electron chi connectivity index (χ0n) is 11.2. The second kappa shape index (κ2) is 5.21. The molecule has 0 aliphatic rings. The van der Waals surface area contributed by atoms with Gasteiger partial charge in [0.05, 0.1) is 13.5 Å². The molecule has 0 saturated carbocycles. The van der Waals surface area contributed by atoms with Gasteiger partial charge in [-0.2, -0.15) is 0 Å². The minimum absolute atomic E-state index is 0.242. The van der Waals surface area contributed by atoms with Crippen LogP contribution in [0.3, 0.4) is 0 Å². The van der Waals surface area contributed by atoms with Crippen LogP contribution in [0.25, 0.3) is 22.0 Å². The molecule has 0 radical (unpaired) electrons. The lowest BCUT2D eigenvalue weighted by atomic mass is 10.0. The predicted octanol–water partition coefficient (Wildman–Crippen LogP) is 3.55. The van der Waals surface area contributed by atoms with E-state index in [1.54, 1.807) is 0 Å². The largest absolute Gasteiger partial charge is 0.469 e. The lowest BCUT2D eigenvalue weighted by molar-refractivity contribution is -0.139. The molecule has 0 unspecified atom stereocenters. The van der Waals surface area contributed by atoms with E-state index in [0.717, 1.165) is 27.7 Å². The molecule has 0 aliphatic carbocycles. The summed E-state index contributed by atoms with van der Waals surface area (Å²) in [5.41, 5.74) is 4.10. The van der Waals surface area contributed by atoms with Gasteiger partial charge in [0.25, 0.3) is 0 Å². The van der Waals surface area contributed by atoms with E-state index in [2.05, 4.69) is 23.2 Å². The van der Waals surface area contributed by atoms with Crippen molar-refractivity contribution in [1.29, 1.82) is 0 Å². The molecule has 100 valence electrons. The van der Waals surface area contributed by atoms with Crippen molar-refractivity contribution < 1.29 is 9.53 Å². The van der Waals surface area contributed by atoms with Crippen molar-refractivity contribution in [2.45, 2.75) is 6.42 Å². The molecular formula is C17H15NO2. The first kappa shape index (κ1) is 12.5. The second-order valence-corrected chi connectivity index (χ2v) is 4.64. The van der Waals surface area contributed by atoms with E-state index in [1.807, 2.05) is 36.4 Å². The first-order valence-electron chi connectivity index (χ1n) is 6.51. The van der Waals surface area contributed by atoms with E-state index in [0.29, 0.717) is 0 Å². The highest BCUT2D eigenvalue weighted by molar-refractivity contribution is 5.98. The molecule has 0 saturated heterocycles. The Hall–Kier alpha value is -2.55. The van der Waals surface area contributed by atoms with Crippen LogP contribution in [0.15, 0.2) is 54.6 Å². The van der Waals surface area contributed by atoms with Gasteiger partial charge in [0.1, 0.15) is 0 Å². The van der Waals surface area contributed by atoms with Crippen molar-refractivity contribution in [2.24, 2.45) is 0 Å². The predicted molar refractivity (Wildman–Crippen MR) is 79.5 cm³/mol. The number of nitrogens with one attached hydrogen (secondary N) is 1. The number of benzene rings is 2. The van der Waals surface area contributed by atoms with E-state index in [1.165, 1.54) is 7.11 Å². The number of ether oxygens (including phenoxy) is 1. The van der Waals surface area contributed by atoms with Gasteiger partial charge in [0.2, 0.25) is 0 Å². The van der Waals surface area contributed by atoms with E-state index in [-0.39, 0.29) is 12.4 Å². The Morgan fingerprint density at radius 2 is 1.75 bits per heavy atom. The number of H-pyrrole nitrogens is 1. The third kappa shape index (κ3) is 2.18. The number of esters is 1. The quantitative estimate of drug-likeness (QED) is 0.736. The van der Waals surface area contributed by atoms with Gasteiger partial charge in [-0.3, -0.25) is 4.79 Å². The maximum Gasteiger partial charge on any atom is 0.311 e. The number of hydrogen-bond acceptors (Lipinski definition) is 2. The smallest absolute Gasteiger partial charge is 0.311 e. The molecule has 0 amide bonds. The summed E-state index contributed by atoms with van der Waals surface area (Å²) in [6, 6.07) is 18.2. The average molecular weight is 265 g/mol. The summed E-state index contributed by atoms with van der Waals surface area (Å²) in [4.78, 5) is 14.9. The summed E-state index contributed by atoms with van der Waals surface area (Å²) in [7, 11) is 1.41. The average Bonchev–Trinajstić information content (AvgIpc) is 2.85. The number of carbonyl (C=O) groups excluding carboxylic acids is 1. The molecule has 3 aromatic rings. The zero-order valence-corrected chi connectivity index (χ0v) is 11.2. The van der Waals surface area contributed by atoms with Crippen LogP contribution in [-0.2, 0) is 16.0 Å². The van der Waals surface area contributed by atoms with E-state index in [4.69, 9.17) is 4.74 Å². The van der Waals surface area contributed by atoms with Gasteiger partial charge < -0.3 is 9.72 Å². The molecule has 20 heavy (non-hydrogen) atoms. The Balaban J connectivity index is 2.21. The molecule has 1 aromatic heterocycles. The summed E-state index contributed by atoms with van der Waals surface area (Å²) < 4.78 is 4.78. The number of aromatic amines is 1. The van der Waals surface area contributed by atoms with Crippen molar-refractivity contribution >= 4 is 16.9 Å². The lowest BCUT2D eigenvalue weighted by Crippen LogP contribution is -2.05. The van der Waals surface area contributed by atoms with Gasteiger partial charge in [-0.05, 0) is 11.6 Å². The third-order valence-corrected chi connectivity index (χ3v) is 3.39. The first-order chi connectivity index (χ1) is 9.79. The van der Waals surface area contributed by atoms with Crippen molar-refractivity contribution in [3.05, 3.63) is 60.3 Å². The molecule has 3 nitrogen and oxygen atoms in total. The number of hydrogen-bond donors (Lipinski definition) is 1. The number of carbonyl (C=O) groups is 1. The normalized spacial score (nSPS) is 10.7. The lowest BCUT2D eigenvalue weighted by Gasteiger charge is -2.04. The topological polar surface area (TPSA) is 42.1 Å². The third-order valence-electron chi connectivity index (χ3n) is 3.39. The Labute approximate surface area is 117 Å². The van der Waals surface area contributed by atoms with E-state index in [9.17, 15) is 4.79 Å². The number of para-hydroxylation sites is 1. The van der Waals surface area contributed by atoms with Gasteiger partial charge in [-0.15, -0.1) is 0 Å². The van der Waals surface area contributed by atoms with Gasteiger partial charge in [0.15, 0.2) is 0 Å². The standard InChI is InChI=1S/C17H15NO2/c1-20-16(19)11-15-17(12-7-3-2-4-8-12)13-9-5-6-10-14(13)18-15/h2-10,18H,11H2,1H3. The first-order valence-corrected chi connectivity index (χ1v) is 6.51. The van der Waals surface area contributed by atoms with Crippen LogP contribution in [0.5, 0.6) is 0 Å². The van der Waals surface area contributed by atoms with Crippen LogP contribution in [0.1, 0.15) is 5.69 Å². The Morgan fingerprint density at radius 1 is 1.05 bits per heavy atom. The molecule has 0 spiro atoms. The van der Waals surface area contributed by atoms with Crippen molar-refractivity contribution in [3.8, 4) is 11.1 Å². The molecule has 1 N–H and O–H groups in total. The van der Waals surface area contributed by atoms with Crippen LogP contribution < -0.4 is 0 Å². The second-order valence-electron chi connectivity index (χ2n) is 4.64.